The van der Waals surface area contributed by atoms with E-state index in [1.165, 1.54) is 7.11 Å². The van der Waals surface area contributed by atoms with Crippen molar-refractivity contribution in [1.82, 2.24) is 9.78 Å². The Bertz CT molecular complexity index is 1030. The van der Waals surface area contributed by atoms with Crippen molar-refractivity contribution >= 4 is 17.6 Å². The van der Waals surface area contributed by atoms with Crippen LogP contribution < -0.4 is 10.1 Å². The van der Waals surface area contributed by atoms with Crippen LogP contribution in [0.3, 0.4) is 0 Å². The molecule has 4 rings (SSSR count). The second-order valence-electron chi connectivity index (χ2n) is 6.05. The van der Waals surface area contributed by atoms with Crippen molar-refractivity contribution < 1.29 is 19.1 Å². The predicted octanol–water partition coefficient (Wildman–Crippen LogP) is 2.87. The maximum absolute atomic E-state index is 12.6. The lowest BCUT2D eigenvalue weighted by atomic mass is 10.0. The summed E-state index contributed by atoms with van der Waals surface area (Å²) in [7, 11) is 1.30. The molecule has 7 heteroatoms. The molecule has 0 fully saturated rings. The highest BCUT2D eigenvalue weighted by atomic mass is 16.5. The Labute approximate surface area is 155 Å². The smallest absolute Gasteiger partial charge is 0.339 e. The molecule has 27 heavy (non-hydrogen) atoms. The maximum Gasteiger partial charge on any atom is 0.339 e. The van der Waals surface area contributed by atoms with Gasteiger partial charge in [-0.2, -0.15) is 5.10 Å². The molecule has 0 atom stereocenters. The van der Waals surface area contributed by atoms with Gasteiger partial charge >= 0.3 is 5.97 Å². The molecule has 1 aliphatic rings. The van der Waals surface area contributed by atoms with Crippen molar-refractivity contribution in [3.05, 3.63) is 65.9 Å². The average molecular weight is 363 g/mol. The summed E-state index contributed by atoms with van der Waals surface area (Å²) in [6.07, 6.45) is 1.71. The molecular weight excluding hydrogens is 346 g/mol. The third-order valence-electron chi connectivity index (χ3n) is 4.34. The van der Waals surface area contributed by atoms with E-state index in [0.29, 0.717) is 17.9 Å². The van der Waals surface area contributed by atoms with Gasteiger partial charge in [0.15, 0.2) is 0 Å². The zero-order valence-electron chi connectivity index (χ0n) is 14.6. The van der Waals surface area contributed by atoms with E-state index in [9.17, 15) is 9.59 Å². The number of hydrogen-bond acceptors (Lipinski definition) is 5. The van der Waals surface area contributed by atoms with Gasteiger partial charge in [-0.1, -0.05) is 24.3 Å². The first-order chi connectivity index (χ1) is 13.2. The molecule has 7 nitrogen and oxygen atoms in total. The minimum Gasteiger partial charge on any atom is -0.488 e. The monoisotopic (exact) mass is 363 g/mol. The summed E-state index contributed by atoms with van der Waals surface area (Å²) in [5, 5.41) is 7.10. The number of rotatable bonds is 4. The van der Waals surface area contributed by atoms with Gasteiger partial charge in [-0.15, -0.1) is 0 Å². The molecular formula is C20H17N3O4. The highest BCUT2D eigenvalue weighted by Gasteiger charge is 2.23. The van der Waals surface area contributed by atoms with Gasteiger partial charge in [0, 0.05) is 11.1 Å². The van der Waals surface area contributed by atoms with E-state index in [-0.39, 0.29) is 12.5 Å². The van der Waals surface area contributed by atoms with Crippen LogP contribution >= 0.6 is 0 Å². The highest BCUT2D eigenvalue weighted by molar-refractivity contribution is 6.01. The van der Waals surface area contributed by atoms with Gasteiger partial charge in [0.2, 0.25) is 5.91 Å². The maximum atomic E-state index is 12.6. The molecule has 1 aliphatic heterocycles. The number of esters is 1. The summed E-state index contributed by atoms with van der Waals surface area (Å²) >= 11 is 0. The summed E-state index contributed by atoms with van der Waals surface area (Å²) in [5.74, 6) is -0.0298. The average Bonchev–Trinajstić information content (AvgIpc) is 3.11. The van der Waals surface area contributed by atoms with Crippen LogP contribution in [0.1, 0.15) is 15.9 Å². The number of anilines is 1. The summed E-state index contributed by atoms with van der Waals surface area (Å²) in [6, 6.07) is 14.4. The largest absolute Gasteiger partial charge is 0.488 e. The van der Waals surface area contributed by atoms with E-state index in [2.05, 4.69) is 10.4 Å². The first kappa shape index (κ1) is 16.8. The topological polar surface area (TPSA) is 82.5 Å². The van der Waals surface area contributed by atoms with Gasteiger partial charge in [0.05, 0.1) is 30.3 Å². The van der Waals surface area contributed by atoms with Gasteiger partial charge in [-0.3, -0.25) is 9.48 Å². The Morgan fingerprint density at radius 2 is 1.96 bits per heavy atom. The number of amides is 1. The molecule has 1 N–H and O–H groups in total. The second-order valence-corrected chi connectivity index (χ2v) is 6.05. The van der Waals surface area contributed by atoms with E-state index < -0.39 is 5.97 Å². The number of aromatic nitrogens is 2. The number of fused-ring (bicyclic) bond motifs is 3. The number of para-hydroxylation sites is 2. The molecule has 0 saturated carbocycles. The fourth-order valence-corrected chi connectivity index (χ4v) is 3.11. The number of carbonyl (C=O) groups excluding carboxylic acids is 2. The fraction of sp³-hybridized carbons (Fsp3) is 0.150. The minimum absolute atomic E-state index is 0.0131. The quantitative estimate of drug-likeness (QED) is 0.721. The third-order valence-corrected chi connectivity index (χ3v) is 4.34. The minimum atomic E-state index is -0.506. The summed E-state index contributed by atoms with van der Waals surface area (Å²) in [6.45, 7) is 0.429. The van der Waals surface area contributed by atoms with Gasteiger partial charge in [-0.05, 0) is 24.3 Å². The van der Waals surface area contributed by atoms with Crippen LogP contribution in [0.15, 0.2) is 54.7 Å². The molecule has 136 valence electrons. The van der Waals surface area contributed by atoms with E-state index in [1.54, 1.807) is 35.1 Å². The highest BCUT2D eigenvalue weighted by Crippen LogP contribution is 2.37. The molecule has 2 aromatic carbocycles. The summed E-state index contributed by atoms with van der Waals surface area (Å²) < 4.78 is 12.1. The Morgan fingerprint density at radius 1 is 1.19 bits per heavy atom. The van der Waals surface area contributed by atoms with E-state index in [0.717, 1.165) is 22.6 Å². The molecule has 0 radical (unpaired) electrons. The lowest BCUT2D eigenvalue weighted by Gasteiger charge is -2.19. The Hall–Kier alpha value is -3.61. The van der Waals surface area contributed by atoms with Crippen molar-refractivity contribution in [3.63, 3.8) is 0 Å². The van der Waals surface area contributed by atoms with E-state index in [4.69, 9.17) is 9.47 Å². The van der Waals surface area contributed by atoms with E-state index >= 15 is 0 Å². The van der Waals surface area contributed by atoms with Crippen molar-refractivity contribution in [2.24, 2.45) is 0 Å². The van der Waals surface area contributed by atoms with Crippen molar-refractivity contribution in [3.8, 4) is 17.0 Å². The van der Waals surface area contributed by atoms with Crippen molar-refractivity contribution in [2.45, 2.75) is 13.2 Å². The van der Waals surface area contributed by atoms with Gasteiger partial charge in [0.1, 0.15) is 18.9 Å². The number of nitrogens with zero attached hydrogens (tertiary/aromatic N) is 2. The molecule has 1 amide bonds. The van der Waals surface area contributed by atoms with E-state index in [1.807, 2.05) is 24.3 Å². The number of nitrogens with one attached hydrogen (secondary N) is 1. The summed E-state index contributed by atoms with van der Waals surface area (Å²) in [4.78, 5) is 24.4. The number of hydrogen-bond donors (Lipinski definition) is 1. The normalized spacial score (nSPS) is 11.7. The Kier molecular flexibility index (Phi) is 4.33. The Balaban J connectivity index is 1.58. The standard InChI is InChI=1S/C20H17N3O4/c1-26-20(25)14-6-2-4-8-16(14)22-18(24)11-23-19-13(10-21-23)12-27-17-9-5-3-7-15(17)19/h2-10H,11-12H2,1H3,(H,22,24). The van der Waals surface area contributed by atoms with Crippen LogP contribution in [0.5, 0.6) is 5.75 Å². The molecule has 2 heterocycles. The Morgan fingerprint density at radius 3 is 2.81 bits per heavy atom. The molecule has 0 saturated heterocycles. The first-order valence-electron chi connectivity index (χ1n) is 8.41. The number of ether oxygens (including phenoxy) is 2. The van der Waals surface area contributed by atoms with Crippen LogP contribution in [-0.4, -0.2) is 28.8 Å². The van der Waals surface area contributed by atoms with Crippen LogP contribution in [0, 0.1) is 0 Å². The van der Waals surface area contributed by atoms with Crippen LogP contribution in [0.25, 0.3) is 11.3 Å². The van der Waals surface area contributed by atoms with Crippen molar-refractivity contribution in [2.75, 3.05) is 12.4 Å². The fourth-order valence-electron chi connectivity index (χ4n) is 3.11. The van der Waals surface area contributed by atoms with Crippen LogP contribution in [0.2, 0.25) is 0 Å². The lowest BCUT2D eigenvalue weighted by Crippen LogP contribution is -2.22. The van der Waals surface area contributed by atoms with Crippen molar-refractivity contribution in [1.29, 1.82) is 0 Å². The van der Waals surface area contributed by atoms with Crippen LogP contribution in [0.4, 0.5) is 5.69 Å². The zero-order valence-corrected chi connectivity index (χ0v) is 14.6. The molecule has 0 unspecified atom stereocenters. The third kappa shape index (κ3) is 3.15. The SMILES string of the molecule is COC(=O)c1ccccc1NC(=O)Cn1ncc2c1-c1ccccc1OC2. The number of benzene rings is 2. The van der Waals surface area contributed by atoms with Crippen LogP contribution in [-0.2, 0) is 22.7 Å². The molecule has 0 spiro atoms. The van der Waals surface area contributed by atoms with Gasteiger partial charge in [-0.25, -0.2) is 4.79 Å². The predicted molar refractivity (Wildman–Crippen MR) is 98.4 cm³/mol. The molecule has 0 aliphatic carbocycles. The number of carbonyl (C=O) groups is 2. The molecule has 3 aromatic rings. The molecule has 1 aromatic heterocycles. The van der Waals surface area contributed by atoms with Gasteiger partial charge < -0.3 is 14.8 Å². The zero-order chi connectivity index (χ0) is 18.8. The summed E-state index contributed by atoms with van der Waals surface area (Å²) in [5.41, 5.74) is 3.40. The second kappa shape index (κ2) is 6.95. The lowest BCUT2D eigenvalue weighted by molar-refractivity contribution is -0.116. The van der Waals surface area contributed by atoms with Gasteiger partial charge in [0.25, 0.3) is 0 Å². The first-order valence-corrected chi connectivity index (χ1v) is 8.41. The number of methoxy groups -OCH3 is 1. The molecule has 0 bridgehead atoms.